The quantitative estimate of drug-likeness (QED) is 0.655. The standard InChI is InChI=1S/C9H10.C3H4F2.2C2H6.H2O/c1-3-9-6-4-5-8(2)7-9;1-2-3(4)5;2*1-2;/h3-7H,1H2,2H3;2-3H,1H2;2*1-2H3;1H2. The minimum atomic E-state index is -2.35. The van der Waals surface area contributed by atoms with Crippen molar-refractivity contribution in [2.24, 2.45) is 0 Å². The Balaban J connectivity index is -0.0000000978. The van der Waals surface area contributed by atoms with Crippen LogP contribution in [0.25, 0.3) is 6.08 Å². The number of aryl methyl sites for hydroxylation is 1. The Labute approximate surface area is 117 Å². The molecule has 0 radical (unpaired) electrons. The summed E-state index contributed by atoms with van der Waals surface area (Å²) < 4.78 is 21.3. The van der Waals surface area contributed by atoms with Gasteiger partial charge in [0.15, 0.2) is 0 Å². The average Bonchev–Trinajstić information content (AvgIpc) is 2.44. The van der Waals surface area contributed by atoms with Crippen LogP contribution in [0.15, 0.2) is 43.5 Å². The maximum atomic E-state index is 10.6. The normalized spacial score (nSPS) is 7.16. The molecule has 0 aliphatic carbocycles. The van der Waals surface area contributed by atoms with E-state index in [1.54, 1.807) is 0 Å². The predicted molar refractivity (Wildman–Crippen MR) is 83.8 cm³/mol. The van der Waals surface area contributed by atoms with E-state index < -0.39 is 6.43 Å². The van der Waals surface area contributed by atoms with Gasteiger partial charge in [-0.2, -0.15) is 0 Å². The van der Waals surface area contributed by atoms with Gasteiger partial charge in [-0.05, 0) is 18.6 Å². The number of alkyl halides is 2. The molecule has 0 saturated heterocycles. The van der Waals surface area contributed by atoms with Crippen molar-refractivity contribution in [3.05, 3.63) is 54.6 Å². The highest BCUT2D eigenvalue weighted by atomic mass is 19.3. The predicted octanol–water partition coefficient (Wildman–Crippen LogP) is 5.30. The van der Waals surface area contributed by atoms with Gasteiger partial charge in [0.1, 0.15) is 0 Å². The van der Waals surface area contributed by atoms with Gasteiger partial charge in [0.2, 0.25) is 0 Å². The summed E-state index contributed by atoms with van der Waals surface area (Å²) in [5.74, 6) is 0. The lowest BCUT2D eigenvalue weighted by Crippen LogP contribution is -1.74. The first kappa shape index (κ1) is 26.2. The van der Waals surface area contributed by atoms with Gasteiger partial charge in [-0.15, -0.1) is 0 Å². The van der Waals surface area contributed by atoms with E-state index in [0.29, 0.717) is 6.08 Å². The third-order valence-corrected chi connectivity index (χ3v) is 1.46. The summed E-state index contributed by atoms with van der Waals surface area (Å²) in [6, 6.07) is 8.26. The van der Waals surface area contributed by atoms with Crippen LogP contribution in [0, 0.1) is 6.92 Å². The highest BCUT2D eigenvalue weighted by Gasteiger charge is 1.85. The number of benzene rings is 1. The Bertz CT molecular complexity index is 297. The highest BCUT2D eigenvalue weighted by Crippen LogP contribution is 2.03. The van der Waals surface area contributed by atoms with Crippen LogP contribution in [-0.2, 0) is 0 Å². The number of halogens is 2. The molecule has 0 atom stereocenters. The van der Waals surface area contributed by atoms with E-state index in [1.165, 1.54) is 11.1 Å². The molecule has 0 saturated carbocycles. The molecule has 1 rings (SSSR count). The first-order valence-corrected chi connectivity index (χ1v) is 6.20. The van der Waals surface area contributed by atoms with Crippen molar-refractivity contribution in [3.8, 4) is 0 Å². The third-order valence-electron chi connectivity index (χ3n) is 1.46. The van der Waals surface area contributed by atoms with Gasteiger partial charge in [0.05, 0.1) is 0 Å². The fraction of sp³-hybridized carbons (Fsp3) is 0.375. The van der Waals surface area contributed by atoms with E-state index in [0.717, 1.165) is 0 Å². The van der Waals surface area contributed by atoms with Gasteiger partial charge >= 0.3 is 0 Å². The minimum Gasteiger partial charge on any atom is -0.412 e. The lowest BCUT2D eigenvalue weighted by molar-refractivity contribution is 0.204. The second-order valence-electron chi connectivity index (χ2n) is 2.69. The molecule has 0 amide bonds. The van der Waals surface area contributed by atoms with Crippen molar-refractivity contribution in [2.75, 3.05) is 0 Å². The summed E-state index contributed by atoms with van der Waals surface area (Å²) in [5.41, 5.74) is 2.47. The molecular formula is C16H28F2O. The molecule has 0 aliphatic rings. The molecule has 1 aromatic carbocycles. The van der Waals surface area contributed by atoms with Gasteiger partial charge in [-0.3, -0.25) is 0 Å². The molecule has 1 aromatic rings. The van der Waals surface area contributed by atoms with Crippen molar-refractivity contribution in [1.82, 2.24) is 0 Å². The first-order chi connectivity index (χ1) is 8.60. The average molecular weight is 274 g/mol. The lowest BCUT2D eigenvalue weighted by atomic mass is 10.1. The van der Waals surface area contributed by atoms with E-state index in [-0.39, 0.29) is 5.48 Å². The van der Waals surface area contributed by atoms with Crippen LogP contribution < -0.4 is 0 Å². The summed E-state index contributed by atoms with van der Waals surface area (Å²) >= 11 is 0. The SMILES string of the molecule is C=CC(F)F.C=Cc1cccc(C)c1.CC.CC.O. The molecule has 0 aromatic heterocycles. The summed E-state index contributed by atoms with van der Waals surface area (Å²) in [5, 5.41) is 0. The van der Waals surface area contributed by atoms with Crippen LogP contribution in [0.5, 0.6) is 0 Å². The van der Waals surface area contributed by atoms with Crippen molar-refractivity contribution < 1.29 is 14.3 Å². The summed E-state index contributed by atoms with van der Waals surface area (Å²) in [7, 11) is 0. The lowest BCUT2D eigenvalue weighted by Gasteiger charge is -1.92. The van der Waals surface area contributed by atoms with Crippen molar-refractivity contribution in [2.45, 2.75) is 41.0 Å². The van der Waals surface area contributed by atoms with E-state index >= 15 is 0 Å². The Morgan fingerprint density at radius 3 is 1.68 bits per heavy atom. The van der Waals surface area contributed by atoms with E-state index in [2.05, 4.69) is 32.2 Å². The number of allylic oxidation sites excluding steroid dienone is 1. The van der Waals surface area contributed by atoms with Gasteiger partial charge in [0, 0.05) is 0 Å². The van der Waals surface area contributed by atoms with E-state index in [9.17, 15) is 8.78 Å². The zero-order valence-electron chi connectivity index (χ0n) is 12.7. The largest absolute Gasteiger partial charge is 0.412 e. The summed E-state index contributed by atoms with van der Waals surface area (Å²) in [4.78, 5) is 0. The fourth-order valence-electron chi connectivity index (χ4n) is 0.797. The van der Waals surface area contributed by atoms with Crippen LogP contribution in [0.2, 0.25) is 0 Å². The third kappa shape index (κ3) is 22.2. The maximum absolute atomic E-state index is 10.6. The van der Waals surface area contributed by atoms with Crippen molar-refractivity contribution >= 4 is 6.08 Å². The van der Waals surface area contributed by atoms with Gasteiger partial charge in [-0.1, -0.05) is 76.8 Å². The maximum Gasteiger partial charge on any atom is 0.256 e. The zero-order chi connectivity index (χ0) is 15.0. The molecule has 2 N–H and O–H groups in total. The summed E-state index contributed by atoms with van der Waals surface area (Å²) in [6.07, 6.45) is 0.0856. The van der Waals surface area contributed by atoms with Crippen molar-refractivity contribution in [1.29, 1.82) is 0 Å². The number of rotatable bonds is 2. The fourth-order valence-corrected chi connectivity index (χ4v) is 0.797. The zero-order valence-corrected chi connectivity index (χ0v) is 12.7. The van der Waals surface area contributed by atoms with Crippen LogP contribution >= 0.6 is 0 Å². The molecule has 3 heteroatoms. The molecule has 0 heterocycles. The van der Waals surface area contributed by atoms with Crippen molar-refractivity contribution in [3.63, 3.8) is 0 Å². The molecule has 0 fully saturated rings. The number of hydrogen-bond donors (Lipinski definition) is 0. The second kappa shape index (κ2) is 21.8. The number of hydrogen-bond acceptors (Lipinski definition) is 0. The van der Waals surface area contributed by atoms with Crippen LogP contribution in [0.1, 0.15) is 38.8 Å². The van der Waals surface area contributed by atoms with Gasteiger partial charge in [0.25, 0.3) is 6.43 Å². The first-order valence-electron chi connectivity index (χ1n) is 6.20. The molecule has 0 aliphatic heterocycles. The molecule has 1 nitrogen and oxygen atoms in total. The molecule has 19 heavy (non-hydrogen) atoms. The molecule has 0 unspecified atom stereocenters. The molecular weight excluding hydrogens is 246 g/mol. The second-order valence-corrected chi connectivity index (χ2v) is 2.69. The topological polar surface area (TPSA) is 31.5 Å². The van der Waals surface area contributed by atoms with Gasteiger partial charge in [-0.25, -0.2) is 8.78 Å². The smallest absolute Gasteiger partial charge is 0.256 e. The van der Waals surface area contributed by atoms with Crippen LogP contribution in [0.3, 0.4) is 0 Å². The summed E-state index contributed by atoms with van der Waals surface area (Å²) in [6.45, 7) is 16.6. The molecule has 0 bridgehead atoms. The minimum absolute atomic E-state index is 0. The Hall–Kier alpha value is -1.48. The van der Waals surface area contributed by atoms with Gasteiger partial charge < -0.3 is 5.48 Å². The highest BCUT2D eigenvalue weighted by molar-refractivity contribution is 5.47. The van der Waals surface area contributed by atoms with Crippen LogP contribution in [-0.4, -0.2) is 11.9 Å². The molecule has 112 valence electrons. The Kier molecular flexibility index (Phi) is 30.0. The van der Waals surface area contributed by atoms with E-state index in [1.807, 2.05) is 45.9 Å². The van der Waals surface area contributed by atoms with E-state index in [4.69, 9.17) is 0 Å². The monoisotopic (exact) mass is 274 g/mol. The molecule has 0 spiro atoms. The van der Waals surface area contributed by atoms with Crippen LogP contribution in [0.4, 0.5) is 8.78 Å². The Morgan fingerprint density at radius 1 is 1.05 bits per heavy atom. The Morgan fingerprint density at radius 2 is 1.47 bits per heavy atom.